The number of nitrogens with one attached hydrogen (secondary N) is 1. The van der Waals surface area contributed by atoms with Gasteiger partial charge in [-0.05, 0) is 30.5 Å². The fourth-order valence-corrected chi connectivity index (χ4v) is 2.34. The van der Waals surface area contributed by atoms with Crippen molar-refractivity contribution in [3.8, 4) is 0 Å². The first kappa shape index (κ1) is 13.5. The molecule has 0 aliphatic heterocycles. The van der Waals surface area contributed by atoms with Crippen LogP contribution in [0.15, 0.2) is 30.3 Å². The minimum atomic E-state index is -0.0409. The van der Waals surface area contributed by atoms with Crippen LogP contribution in [-0.2, 0) is 4.79 Å². The van der Waals surface area contributed by atoms with Crippen LogP contribution in [0.3, 0.4) is 0 Å². The molecule has 0 aliphatic carbocycles. The van der Waals surface area contributed by atoms with Crippen molar-refractivity contribution in [2.24, 2.45) is 5.92 Å². The molecule has 3 heteroatoms. The van der Waals surface area contributed by atoms with Crippen LogP contribution < -0.4 is 5.32 Å². The summed E-state index contributed by atoms with van der Waals surface area (Å²) in [6, 6.07) is 10.1. The maximum absolute atomic E-state index is 11.3. The van der Waals surface area contributed by atoms with Crippen molar-refractivity contribution in [1.29, 1.82) is 0 Å². The molecule has 0 aliphatic rings. The van der Waals surface area contributed by atoms with Gasteiger partial charge in [0.05, 0.1) is 17.3 Å². The van der Waals surface area contributed by atoms with Gasteiger partial charge < -0.3 is 5.32 Å². The van der Waals surface area contributed by atoms with Crippen LogP contribution in [0.25, 0.3) is 10.9 Å². The topological polar surface area (TPSA) is 42.0 Å². The van der Waals surface area contributed by atoms with Gasteiger partial charge in [-0.15, -0.1) is 0 Å². The highest BCUT2D eigenvalue weighted by Gasteiger charge is 2.19. The number of aromatic nitrogens is 1. The predicted octanol–water partition coefficient (Wildman–Crippen LogP) is 3.38. The minimum Gasteiger partial charge on any atom is -0.348 e. The number of carbonyl (C=O) groups excluding carboxylic acids is 1. The van der Waals surface area contributed by atoms with Crippen molar-refractivity contribution in [3.05, 3.63) is 41.6 Å². The lowest BCUT2D eigenvalue weighted by Gasteiger charge is -2.22. The number of para-hydroxylation sites is 1. The second-order valence-corrected chi connectivity index (χ2v) is 5.30. The zero-order chi connectivity index (χ0) is 14.0. The molecule has 100 valence electrons. The molecule has 1 N–H and O–H groups in total. The van der Waals surface area contributed by atoms with E-state index in [-0.39, 0.29) is 11.9 Å². The first-order chi connectivity index (χ1) is 8.99. The molecule has 1 atom stereocenters. The van der Waals surface area contributed by atoms with Crippen LogP contribution in [0.2, 0.25) is 0 Å². The lowest BCUT2D eigenvalue weighted by Crippen LogP contribution is -2.30. The molecule has 0 saturated carbocycles. The molecular formula is C16H20N2O. The minimum absolute atomic E-state index is 0.0219. The number of carbonyl (C=O) groups is 1. The molecule has 1 unspecified atom stereocenters. The molecule has 1 amide bonds. The Morgan fingerprint density at radius 2 is 1.95 bits per heavy atom. The Labute approximate surface area is 114 Å². The van der Waals surface area contributed by atoms with Crippen molar-refractivity contribution in [2.75, 3.05) is 0 Å². The second kappa shape index (κ2) is 5.39. The number of aryl methyl sites for hydroxylation is 1. The van der Waals surface area contributed by atoms with Crippen molar-refractivity contribution >= 4 is 16.8 Å². The third-order valence-corrected chi connectivity index (χ3v) is 3.29. The van der Waals surface area contributed by atoms with E-state index in [1.807, 2.05) is 18.2 Å². The van der Waals surface area contributed by atoms with E-state index in [1.165, 1.54) is 5.56 Å². The van der Waals surface area contributed by atoms with Crippen molar-refractivity contribution < 1.29 is 4.79 Å². The average Bonchev–Trinajstić information content (AvgIpc) is 2.35. The molecule has 2 rings (SSSR count). The summed E-state index contributed by atoms with van der Waals surface area (Å²) in [5, 5.41) is 4.15. The fraction of sp³-hybridized carbons (Fsp3) is 0.375. The molecule has 19 heavy (non-hydrogen) atoms. The molecule has 1 heterocycles. The number of hydrogen-bond donors (Lipinski definition) is 1. The highest BCUT2D eigenvalue weighted by molar-refractivity contribution is 5.82. The van der Waals surface area contributed by atoms with E-state index in [2.05, 4.69) is 38.2 Å². The smallest absolute Gasteiger partial charge is 0.217 e. The first-order valence-corrected chi connectivity index (χ1v) is 6.62. The number of benzene rings is 1. The maximum atomic E-state index is 11.3. The molecule has 0 radical (unpaired) electrons. The summed E-state index contributed by atoms with van der Waals surface area (Å²) < 4.78 is 0. The Balaban J connectivity index is 2.51. The Morgan fingerprint density at radius 3 is 2.58 bits per heavy atom. The quantitative estimate of drug-likeness (QED) is 0.914. The number of hydrogen-bond acceptors (Lipinski definition) is 2. The van der Waals surface area contributed by atoms with Crippen LogP contribution in [0.4, 0.5) is 0 Å². The van der Waals surface area contributed by atoms with Gasteiger partial charge in [-0.3, -0.25) is 9.78 Å². The standard InChI is InChI=1S/C16H20N2O/c1-10(2)16(17-12(4)19)15-9-11(3)13-7-5-6-8-14(13)18-15/h5-10,16H,1-4H3,(H,17,19). The van der Waals surface area contributed by atoms with Crippen molar-refractivity contribution in [3.63, 3.8) is 0 Å². The summed E-state index contributed by atoms with van der Waals surface area (Å²) in [5.74, 6) is 0.281. The van der Waals surface area contributed by atoms with Gasteiger partial charge in [0.1, 0.15) is 0 Å². The van der Waals surface area contributed by atoms with Crippen LogP contribution in [0.1, 0.15) is 38.1 Å². The monoisotopic (exact) mass is 256 g/mol. The van der Waals surface area contributed by atoms with E-state index >= 15 is 0 Å². The van der Waals surface area contributed by atoms with Crippen LogP contribution in [0, 0.1) is 12.8 Å². The molecule has 0 fully saturated rings. The van der Waals surface area contributed by atoms with E-state index in [0.717, 1.165) is 16.6 Å². The van der Waals surface area contributed by atoms with Crippen molar-refractivity contribution in [1.82, 2.24) is 10.3 Å². The molecular weight excluding hydrogens is 236 g/mol. The Kier molecular flexibility index (Phi) is 3.84. The van der Waals surface area contributed by atoms with E-state index in [9.17, 15) is 4.79 Å². The number of amides is 1. The van der Waals surface area contributed by atoms with Gasteiger partial charge in [-0.25, -0.2) is 0 Å². The molecule has 0 spiro atoms. The molecule has 1 aromatic heterocycles. The Morgan fingerprint density at radius 1 is 1.26 bits per heavy atom. The molecule has 2 aromatic rings. The number of nitrogens with zero attached hydrogens (tertiary/aromatic N) is 1. The predicted molar refractivity (Wildman–Crippen MR) is 77.9 cm³/mol. The van der Waals surface area contributed by atoms with E-state index in [0.29, 0.717) is 5.92 Å². The largest absolute Gasteiger partial charge is 0.348 e. The van der Waals surface area contributed by atoms with Gasteiger partial charge in [-0.1, -0.05) is 32.0 Å². The number of fused-ring (bicyclic) bond motifs is 1. The van der Waals surface area contributed by atoms with E-state index in [1.54, 1.807) is 6.92 Å². The zero-order valence-corrected chi connectivity index (χ0v) is 11.9. The van der Waals surface area contributed by atoms with Crippen LogP contribution in [-0.4, -0.2) is 10.9 Å². The first-order valence-electron chi connectivity index (χ1n) is 6.62. The van der Waals surface area contributed by atoms with Crippen LogP contribution >= 0.6 is 0 Å². The van der Waals surface area contributed by atoms with Gasteiger partial charge >= 0.3 is 0 Å². The normalized spacial score (nSPS) is 12.7. The molecule has 3 nitrogen and oxygen atoms in total. The Bertz CT molecular complexity index is 605. The number of pyridine rings is 1. The third-order valence-electron chi connectivity index (χ3n) is 3.29. The van der Waals surface area contributed by atoms with E-state index < -0.39 is 0 Å². The van der Waals surface area contributed by atoms with Gasteiger partial charge in [0, 0.05) is 12.3 Å². The highest BCUT2D eigenvalue weighted by atomic mass is 16.1. The van der Waals surface area contributed by atoms with Gasteiger partial charge in [0.15, 0.2) is 0 Å². The summed E-state index contributed by atoms with van der Waals surface area (Å²) in [5.41, 5.74) is 3.10. The second-order valence-electron chi connectivity index (χ2n) is 5.30. The summed E-state index contributed by atoms with van der Waals surface area (Å²) in [6.45, 7) is 7.81. The maximum Gasteiger partial charge on any atom is 0.217 e. The summed E-state index contributed by atoms with van der Waals surface area (Å²) in [7, 11) is 0. The van der Waals surface area contributed by atoms with Gasteiger partial charge in [0.2, 0.25) is 5.91 Å². The molecule has 0 saturated heterocycles. The lowest BCUT2D eigenvalue weighted by atomic mass is 9.98. The fourth-order valence-electron chi connectivity index (χ4n) is 2.34. The Hall–Kier alpha value is -1.90. The average molecular weight is 256 g/mol. The lowest BCUT2D eigenvalue weighted by molar-refractivity contribution is -0.120. The third kappa shape index (κ3) is 2.92. The summed E-state index contributed by atoms with van der Waals surface area (Å²) in [4.78, 5) is 16.0. The van der Waals surface area contributed by atoms with Crippen molar-refractivity contribution in [2.45, 2.75) is 33.7 Å². The zero-order valence-electron chi connectivity index (χ0n) is 11.9. The van der Waals surface area contributed by atoms with E-state index in [4.69, 9.17) is 4.98 Å². The van der Waals surface area contributed by atoms with Gasteiger partial charge in [-0.2, -0.15) is 0 Å². The highest BCUT2D eigenvalue weighted by Crippen LogP contribution is 2.25. The van der Waals surface area contributed by atoms with Crippen LogP contribution in [0.5, 0.6) is 0 Å². The summed E-state index contributed by atoms with van der Waals surface area (Å²) >= 11 is 0. The molecule has 0 bridgehead atoms. The number of rotatable bonds is 3. The SMILES string of the molecule is CC(=O)NC(c1cc(C)c2ccccc2n1)C(C)C. The molecule has 1 aromatic carbocycles. The van der Waals surface area contributed by atoms with Gasteiger partial charge in [0.25, 0.3) is 0 Å². The summed E-state index contributed by atoms with van der Waals surface area (Å²) in [6.07, 6.45) is 0.